The van der Waals surface area contributed by atoms with Crippen molar-refractivity contribution in [3.8, 4) is 0 Å². The van der Waals surface area contributed by atoms with E-state index in [1.54, 1.807) is 6.92 Å². The predicted octanol–water partition coefficient (Wildman–Crippen LogP) is 3.10. The number of carbonyl (C=O) groups excluding carboxylic acids is 1. The first-order chi connectivity index (χ1) is 7.97. The molecule has 1 rings (SSSR count). The highest BCUT2D eigenvalue weighted by atomic mass is 32.1. The standard InChI is InChI=1S/C7H15NO.C7H8S/c1-4-8-5-6(2)7(3)9;1-6-2-4-7(8)5-3-6/h6,8H,4-5H2,1-3H3;2-5,8H,1H3/t6-;/m1./s1. The fourth-order valence-corrected chi connectivity index (χ4v) is 1.20. The lowest BCUT2D eigenvalue weighted by atomic mass is 10.1. The minimum atomic E-state index is 0.171. The van der Waals surface area contributed by atoms with Gasteiger partial charge in [-0.15, -0.1) is 12.6 Å². The molecule has 0 amide bonds. The Morgan fingerprint density at radius 1 is 1.35 bits per heavy atom. The smallest absolute Gasteiger partial charge is 0.133 e. The van der Waals surface area contributed by atoms with Gasteiger partial charge in [0.1, 0.15) is 5.78 Å². The molecule has 1 N–H and O–H groups in total. The fourth-order valence-electron chi connectivity index (χ4n) is 1.05. The van der Waals surface area contributed by atoms with E-state index in [2.05, 4.69) is 24.9 Å². The molecule has 96 valence electrons. The van der Waals surface area contributed by atoms with Crippen LogP contribution in [0.3, 0.4) is 0 Å². The van der Waals surface area contributed by atoms with Crippen molar-refractivity contribution >= 4 is 18.4 Å². The minimum Gasteiger partial charge on any atom is -0.316 e. The number of Topliss-reactive ketones (excluding diaryl/α,β-unsaturated/α-hetero) is 1. The van der Waals surface area contributed by atoms with Gasteiger partial charge in [0.25, 0.3) is 0 Å². The van der Waals surface area contributed by atoms with Crippen molar-refractivity contribution < 1.29 is 4.79 Å². The highest BCUT2D eigenvalue weighted by Crippen LogP contribution is 2.05. The quantitative estimate of drug-likeness (QED) is 0.807. The molecule has 0 saturated carbocycles. The molecule has 1 aromatic rings. The highest BCUT2D eigenvalue weighted by Gasteiger charge is 2.04. The summed E-state index contributed by atoms with van der Waals surface area (Å²) in [7, 11) is 0. The summed E-state index contributed by atoms with van der Waals surface area (Å²) in [5, 5.41) is 3.11. The number of hydrogen-bond donors (Lipinski definition) is 2. The molecule has 0 aliphatic carbocycles. The van der Waals surface area contributed by atoms with Crippen molar-refractivity contribution in [3.05, 3.63) is 29.8 Å². The van der Waals surface area contributed by atoms with Gasteiger partial charge in [0.05, 0.1) is 0 Å². The predicted molar refractivity (Wildman–Crippen MR) is 76.8 cm³/mol. The van der Waals surface area contributed by atoms with Gasteiger partial charge in [-0.3, -0.25) is 4.79 Å². The third kappa shape index (κ3) is 8.95. The zero-order valence-electron chi connectivity index (χ0n) is 11.2. The largest absolute Gasteiger partial charge is 0.316 e. The molecule has 3 heteroatoms. The zero-order valence-corrected chi connectivity index (χ0v) is 12.1. The van der Waals surface area contributed by atoms with Gasteiger partial charge in [-0.05, 0) is 32.5 Å². The summed E-state index contributed by atoms with van der Waals surface area (Å²) in [5.74, 6) is 0.431. The Morgan fingerprint density at radius 3 is 2.24 bits per heavy atom. The van der Waals surface area contributed by atoms with Crippen molar-refractivity contribution in [2.75, 3.05) is 13.1 Å². The molecular weight excluding hydrogens is 230 g/mol. The third-order valence-corrected chi connectivity index (χ3v) is 2.73. The Bertz CT molecular complexity index is 300. The summed E-state index contributed by atoms with van der Waals surface area (Å²) in [6.07, 6.45) is 0. The average molecular weight is 253 g/mol. The minimum absolute atomic E-state index is 0.171. The summed E-state index contributed by atoms with van der Waals surface area (Å²) in [6.45, 7) is 9.41. The number of hydrogen-bond acceptors (Lipinski definition) is 3. The van der Waals surface area contributed by atoms with Gasteiger partial charge in [-0.2, -0.15) is 0 Å². The van der Waals surface area contributed by atoms with Crippen LogP contribution in [-0.2, 0) is 4.79 Å². The molecule has 0 aromatic heterocycles. The molecule has 1 aromatic carbocycles. The van der Waals surface area contributed by atoms with Crippen LogP contribution < -0.4 is 5.32 Å². The van der Waals surface area contributed by atoms with Gasteiger partial charge in [-0.25, -0.2) is 0 Å². The molecule has 0 heterocycles. The zero-order chi connectivity index (χ0) is 13.3. The van der Waals surface area contributed by atoms with Crippen molar-refractivity contribution in [2.45, 2.75) is 32.6 Å². The normalized spacial score (nSPS) is 11.4. The lowest BCUT2D eigenvalue weighted by Gasteiger charge is -2.05. The van der Waals surface area contributed by atoms with E-state index < -0.39 is 0 Å². The number of ketones is 1. The van der Waals surface area contributed by atoms with E-state index in [-0.39, 0.29) is 11.7 Å². The van der Waals surface area contributed by atoms with Crippen LogP contribution in [0.25, 0.3) is 0 Å². The number of thiol groups is 1. The summed E-state index contributed by atoms with van der Waals surface area (Å²) >= 11 is 4.13. The summed E-state index contributed by atoms with van der Waals surface area (Å²) in [6, 6.07) is 8.06. The van der Waals surface area contributed by atoms with Crippen molar-refractivity contribution in [2.24, 2.45) is 5.92 Å². The molecule has 1 atom stereocenters. The lowest BCUT2D eigenvalue weighted by molar-refractivity contribution is -0.120. The summed E-state index contributed by atoms with van der Waals surface area (Å²) in [4.78, 5) is 11.6. The monoisotopic (exact) mass is 253 g/mol. The molecule has 0 unspecified atom stereocenters. The SMILES string of the molecule is CCNC[C@@H](C)C(C)=O.Cc1ccc(S)cc1. The second-order valence-electron chi connectivity index (χ2n) is 4.15. The molecule has 17 heavy (non-hydrogen) atoms. The highest BCUT2D eigenvalue weighted by molar-refractivity contribution is 7.80. The molecule has 0 bridgehead atoms. The summed E-state index contributed by atoms with van der Waals surface area (Å²) < 4.78 is 0. The number of rotatable bonds is 4. The van der Waals surface area contributed by atoms with Crippen molar-refractivity contribution in [3.63, 3.8) is 0 Å². The van der Waals surface area contributed by atoms with E-state index in [4.69, 9.17) is 0 Å². The molecule has 0 saturated heterocycles. The van der Waals surface area contributed by atoms with Crippen LogP contribution in [0, 0.1) is 12.8 Å². The Balaban J connectivity index is 0.000000302. The number of carbonyl (C=O) groups is 1. The topological polar surface area (TPSA) is 29.1 Å². The van der Waals surface area contributed by atoms with Crippen LogP contribution >= 0.6 is 12.6 Å². The molecule has 2 nitrogen and oxygen atoms in total. The molecule has 0 spiro atoms. The fraction of sp³-hybridized carbons (Fsp3) is 0.500. The molecule has 0 radical (unpaired) electrons. The molecule has 0 aliphatic heterocycles. The maximum Gasteiger partial charge on any atom is 0.133 e. The van der Waals surface area contributed by atoms with Gasteiger partial charge in [0.15, 0.2) is 0 Å². The van der Waals surface area contributed by atoms with E-state index in [1.165, 1.54) is 5.56 Å². The molecule has 0 fully saturated rings. The van der Waals surface area contributed by atoms with Crippen LogP contribution in [0.15, 0.2) is 29.2 Å². The second-order valence-corrected chi connectivity index (χ2v) is 4.67. The Labute approximate surface area is 110 Å². The number of aryl methyl sites for hydroxylation is 1. The average Bonchev–Trinajstić information content (AvgIpc) is 2.30. The first-order valence-corrected chi connectivity index (χ1v) is 6.38. The van der Waals surface area contributed by atoms with Gasteiger partial charge >= 0.3 is 0 Å². The third-order valence-electron chi connectivity index (χ3n) is 2.43. The van der Waals surface area contributed by atoms with Crippen LogP contribution in [0.5, 0.6) is 0 Å². The van der Waals surface area contributed by atoms with Gasteiger partial charge in [-0.1, -0.05) is 31.5 Å². The van der Waals surface area contributed by atoms with E-state index in [0.717, 1.165) is 18.0 Å². The van der Waals surface area contributed by atoms with E-state index >= 15 is 0 Å². The second kappa shape index (κ2) is 9.25. The first-order valence-electron chi connectivity index (χ1n) is 5.94. The van der Waals surface area contributed by atoms with Gasteiger partial charge in [0.2, 0.25) is 0 Å². The van der Waals surface area contributed by atoms with Crippen molar-refractivity contribution in [1.29, 1.82) is 0 Å². The Morgan fingerprint density at radius 2 is 1.88 bits per heavy atom. The van der Waals surface area contributed by atoms with Gasteiger partial charge < -0.3 is 5.32 Å². The van der Waals surface area contributed by atoms with Crippen LogP contribution in [0.4, 0.5) is 0 Å². The van der Waals surface area contributed by atoms with Crippen LogP contribution in [0.1, 0.15) is 26.3 Å². The Hall–Kier alpha value is -0.800. The van der Waals surface area contributed by atoms with Gasteiger partial charge in [0, 0.05) is 17.4 Å². The van der Waals surface area contributed by atoms with E-state index in [0.29, 0.717) is 0 Å². The van der Waals surface area contributed by atoms with Crippen molar-refractivity contribution in [1.82, 2.24) is 5.32 Å². The molecular formula is C14H23NOS. The maximum absolute atomic E-state index is 10.6. The lowest BCUT2D eigenvalue weighted by Crippen LogP contribution is -2.24. The first kappa shape index (κ1) is 16.2. The van der Waals surface area contributed by atoms with E-state index in [1.807, 2.05) is 38.1 Å². The summed E-state index contributed by atoms with van der Waals surface area (Å²) in [5.41, 5.74) is 1.28. The maximum atomic E-state index is 10.6. The van der Waals surface area contributed by atoms with Crippen LogP contribution in [0.2, 0.25) is 0 Å². The molecule has 0 aliphatic rings. The number of nitrogens with one attached hydrogen (secondary N) is 1. The van der Waals surface area contributed by atoms with Crippen LogP contribution in [-0.4, -0.2) is 18.9 Å². The number of benzene rings is 1. The Kier molecular flexibility index (Phi) is 8.82. The van der Waals surface area contributed by atoms with E-state index in [9.17, 15) is 4.79 Å².